The van der Waals surface area contributed by atoms with Crippen LogP contribution in [0.3, 0.4) is 0 Å². The number of thiazole rings is 1. The minimum Gasteiger partial charge on any atom is -0.354 e. The molecule has 1 aliphatic heterocycles. The lowest BCUT2D eigenvalue weighted by atomic mass is 10.2. The van der Waals surface area contributed by atoms with E-state index in [9.17, 15) is 4.79 Å². The minimum absolute atomic E-state index is 0.133. The Morgan fingerprint density at radius 1 is 1.79 bits per heavy atom. The second-order valence-electron chi connectivity index (χ2n) is 3.46. The van der Waals surface area contributed by atoms with Gasteiger partial charge < -0.3 is 10.6 Å². The number of hydrogen-bond donors (Lipinski definition) is 2. The fourth-order valence-corrected chi connectivity index (χ4v) is 2.25. The van der Waals surface area contributed by atoms with Crippen molar-refractivity contribution in [2.24, 2.45) is 0 Å². The molecular weight excluding hydrogens is 198 g/mol. The average molecular weight is 211 g/mol. The van der Waals surface area contributed by atoms with Gasteiger partial charge in [-0.2, -0.15) is 0 Å². The van der Waals surface area contributed by atoms with Crippen molar-refractivity contribution in [1.82, 2.24) is 15.6 Å². The van der Waals surface area contributed by atoms with Gasteiger partial charge in [0.2, 0.25) is 5.91 Å². The summed E-state index contributed by atoms with van der Waals surface area (Å²) >= 11 is 1.64. The van der Waals surface area contributed by atoms with Gasteiger partial charge in [-0.05, 0) is 6.92 Å². The van der Waals surface area contributed by atoms with E-state index in [2.05, 4.69) is 22.5 Å². The summed E-state index contributed by atoms with van der Waals surface area (Å²) in [5.41, 5.74) is 0. The highest BCUT2D eigenvalue weighted by molar-refractivity contribution is 7.09. The van der Waals surface area contributed by atoms with Crippen LogP contribution in [0.2, 0.25) is 0 Å². The fourth-order valence-electron chi connectivity index (χ4n) is 1.60. The maximum atomic E-state index is 11.0. The summed E-state index contributed by atoms with van der Waals surface area (Å²) in [4.78, 5) is 15.2. The lowest BCUT2D eigenvalue weighted by Gasteiger charge is -2.15. The molecule has 0 bridgehead atoms. The number of carbonyl (C=O) groups excluding carboxylic acids is 1. The number of nitrogens with one attached hydrogen (secondary N) is 2. The SMILES string of the molecule is CC(NC1CNC(=O)C1)c1nccs1. The summed E-state index contributed by atoms with van der Waals surface area (Å²) in [6, 6.07) is 0.481. The number of amides is 1. The summed E-state index contributed by atoms with van der Waals surface area (Å²) in [5.74, 6) is 0.133. The van der Waals surface area contributed by atoms with Crippen LogP contribution in [-0.4, -0.2) is 23.5 Å². The smallest absolute Gasteiger partial charge is 0.221 e. The molecule has 2 heterocycles. The highest BCUT2D eigenvalue weighted by Gasteiger charge is 2.23. The topological polar surface area (TPSA) is 54.0 Å². The molecule has 1 saturated heterocycles. The van der Waals surface area contributed by atoms with Crippen molar-refractivity contribution in [3.8, 4) is 0 Å². The van der Waals surface area contributed by atoms with Gasteiger partial charge >= 0.3 is 0 Å². The predicted molar refractivity (Wildman–Crippen MR) is 55.1 cm³/mol. The molecule has 1 amide bonds. The first-order chi connectivity index (χ1) is 6.75. The van der Waals surface area contributed by atoms with Crippen molar-refractivity contribution in [1.29, 1.82) is 0 Å². The van der Waals surface area contributed by atoms with E-state index < -0.39 is 0 Å². The Hall–Kier alpha value is -0.940. The molecule has 2 unspecified atom stereocenters. The Bertz CT molecular complexity index is 312. The Morgan fingerprint density at radius 2 is 2.64 bits per heavy atom. The third-order valence-corrected chi connectivity index (χ3v) is 3.24. The summed E-state index contributed by atoms with van der Waals surface area (Å²) in [6.07, 6.45) is 2.38. The number of hydrogen-bond acceptors (Lipinski definition) is 4. The summed E-state index contributed by atoms with van der Waals surface area (Å²) < 4.78 is 0. The Balaban J connectivity index is 1.89. The van der Waals surface area contributed by atoms with Crippen molar-refractivity contribution >= 4 is 17.2 Å². The van der Waals surface area contributed by atoms with E-state index in [0.29, 0.717) is 6.42 Å². The van der Waals surface area contributed by atoms with E-state index >= 15 is 0 Å². The van der Waals surface area contributed by atoms with E-state index in [1.807, 2.05) is 5.38 Å². The standard InChI is InChI=1S/C9H13N3OS/c1-6(9-10-2-3-14-9)12-7-4-8(13)11-5-7/h2-3,6-7,12H,4-5H2,1H3,(H,11,13). The Labute approximate surface area is 86.7 Å². The van der Waals surface area contributed by atoms with Crippen LogP contribution in [-0.2, 0) is 4.79 Å². The molecule has 5 heteroatoms. The monoisotopic (exact) mass is 211 g/mol. The van der Waals surface area contributed by atoms with Gasteiger partial charge in [-0.15, -0.1) is 11.3 Å². The highest BCUT2D eigenvalue weighted by atomic mass is 32.1. The molecule has 2 atom stereocenters. The first-order valence-electron chi connectivity index (χ1n) is 4.68. The van der Waals surface area contributed by atoms with Crippen molar-refractivity contribution in [2.45, 2.75) is 25.4 Å². The van der Waals surface area contributed by atoms with Gasteiger partial charge in [0.25, 0.3) is 0 Å². The minimum atomic E-state index is 0.133. The van der Waals surface area contributed by atoms with Crippen molar-refractivity contribution in [3.63, 3.8) is 0 Å². The van der Waals surface area contributed by atoms with Crippen molar-refractivity contribution in [2.75, 3.05) is 6.54 Å². The molecule has 0 aromatic carbocycles. The second-order valence-corrected chi connectivity index (χ2v) is 4.39. The largest absolute Gasteiger partial charge is 0.354 e. The average Bonchev–Trinajstić information content (AvgIpc) is 2.75. The van der Waals surface area contributed by atoms with E-state index in [0.717, 1.165) is 11.6 Å². The number of aromatic nitrogens is 1. The van der Waals surface area contributed by atoms with Crippen LogP contribution >= 0.6 is 11.3 Å². The molecule has 4 nitrogen and oxygen atoms in total. The fraction of sp³-hybridized carbons (Fsp3) is 0.556. The normalized spacial score (nSPS) is 23.5. The highest BCUT2D eigenvalue weighted by Crippen LogP contribution is 2.16. The van der Waals surface area contributed by atoms with Crippen molar-refractivity contribution in [3.05, 3.63) is 16.6 Å². The van der Waals surface area contributed by atoms with Gasteiger partial charge in [0, 0.05) is 30.6 Å². The lowest BCUT2D eigenvalue weighted by Crippen LogP contribution is -2.33. The molecule has 1 fully saturated rings. The van der Waals surface area contributed by atoms with Gasteiger partial charge in [-0.1, -0.05) is 0 Å². The van der Waals surface area contributed by atoms with Crippen LogP contribution in [0.5, 0.6) is 0 Å². The first kappa shape index (κ1) is 9.61. The predicted octanol–water partition coefficient (Wildman–Crippen LogP) is 0.682. The van der Waals surface area contributed by atoms with E-state index in [1.165, 1.54) is 0 Å². The molecule has 1 aliphatic rings. The first-order valence-corrected chi connectivity index (χ1v) is 5.56. The van der Waals surface area contributed by atoms with Crippen LogP contribution < -0.4 is 10.6 Å². The van der Waals surface area contributed by atoms with Gasteiger partial charge in [-0.3, -0.25) is 4.79 Å². The van der Waals surface area contributed by atoms with Crippen molar-refractivity contribution < 1.29 is 4.79 Å². The maximum Gasteiger partial charge on any atom is 0.221 e. The molecule has 0 aliphatic carbocycles. The number of rotatable bonds is 3. The summed E-state index contributed by atoms with van der Waals surface area (Å²) in [5, 5.41) is 9.22. The summed E-state index contributed by atoms with van der Waals surface area (Å²) in [7, 11) is 0. The zero-order valence-electron chi connectivity index (χ0n) is 7.99. The van der Waals surface area contributed by atoms with Crippen LogP contribution in [0, 0.1) is 0 Å². The van der Waals surface area contributed by atoms with Crippen LogP contribution in [0.1, 0.15) is 24.4 Å². The zero-order valence-corrected chi connectivity index (χ0v) is 8.80. The molecule has 0 saturated carbocycles. The van der Waals surface area contributed by atoms with E-state index in [1.54, 1.807) is 17.5 Å². The van der Waals surface area contributed by atoms with Crippen LogP contribution in [0.15, 0.2) is 11.6 Å². The molecule has 2 rings (SSSR count). The van der Waals surface area contributed by atoms with Crippen LogP contribution in [0.4, 0.5) is 0 Å². The molecule has 2 N–H and O–H groups in total. The zero-order chi connectivity index (χ0) is 9.97. The second kappa shape index (κ2) is 4.06. The Morgan fingerprint density at radius 3 is 3.21 bits per heavy atom. The third kappa shape index (κ3) is 2.10. The maximum absolute atomic E-state index is 11.0. The molecule has 0 radical (unpaired) electrons. The number of nitrogens with zero attached hydrogens (tertiary/aromatic N) is 1. The van der Waals surface area contributed by atoms with Crippen LogP contribution in [0.25, 0.3) is 0 Å². The molecule has 1 aromatic rings. The number of carbonyl (C=O) groups is 1. The van der Waals surface area contributed by atoms with Gasteiger partial charge in [0.1, 0.15) is 5.01 Å². The van der Waals surface area contributed by atoms with E-state index in [-0.39, 0.29) is 18.0 Å². The quantitative estimate of drug-likeness (QED) is 0.773. The van der Waals surface area contributed by atoms with Gasteiger partial charge in [0.05, 0.1) is 6.04 Å². The molecular formula is C9H13N3OS. The lowest BCUT2D eigenvalue weighted by molar-refractivity contribution is -0.119. The molecule has 1 aromatic heterocycles. The summed E-state index contributed by atoms with van der Waals surface area (Å²) in [6.45, 7) is 2.80. The van der Waals surface area contributed by atoms with Gasteiger partial charge in [-0.25, -0.2) is 4.98 Å². The Kier molecular flexibility index (Phi) is 2.79. The third-order valence-electron chi connectivity index (χ3n) is 2.28. The molecule has 0 spiro atoms. The molecule has 76 valence electrons. The van der Waals surface area contributed by atoms with Gasteiger partial charge in [0.15, 0.2) is 0 Å². The molecule has 14 heavy (non-hydrogen) atoms. The van der Waals surface area contributed by atoms with E-state index in [4.69, 9.17) is 0 Å².